The first kappa shape index (κ1) is 16.5. The molecule has 0 fully saturated rings. The number of nitrogens with zero attached hydrogens (tertiary/aromatic N) is 2. The van der Waals surface area contributed by atoms with E-state index in [1.54, 1.807) is 0 Å². The van der Waals surface area contributed by atoms with Crippen molar-refractivity contribution in [3.8, 4) is 0 Å². The quantitative estimate of drug-likeness (QED) is 0.471. The zero-order valence-electron chi connectivity index (χ0n) is 14.6. The van der Waals surface area contributed by atoms with Crippen molar-refractivity contribution in [3.05, 3.63) is 58.4 Å². The molecule has 1 heterocycles. The Labute approximate surface area is 143 Å². The third-order valence-corrected chi connectivity index (χ3v) is 4.66. The second-order valence-electron chi connectivity index (χ2n) is 6.55. The van der Waals surface area contributed by atoms with E-state index in [2.05, 4.69) is 17.1 Å². The first-order valence-corrected chi connectivity index (χ1v) is 8.45. The molecule has 2 aliphatic rings. The summed E-state index contributed by atoms with van der Waals surface area (Å²) in [6, 6.07) is 5.96. The predicted molar refractivity (Wildman–Crippen MR) is 96.1 cm³/mol. The highest BCUT2D eigenvalue weighted by atomic mass is 16.5. The van der Waals surface area contributed by atoms with Gasteiger partial charge < -0.3 is 9.64 Å². The number of amidine groups is 1. The van der Waals surface area contributed by atoms with Crippen molar-refractivity contribution in [1.29, 1.82) is 0 Å². The van der Waals surface area contributed by atoms with Gasteiger partial charge in [-0.25, -0.2) is 4.79 Å². The van der Waals surface area contributed by atoms with Crippen LogP contribution in [0.15, 0.2) is 46.7 Å². The molecule has 3 rings (SSSR count). The Morgan fingerprint density at radius 1 is 1.25 bits per heavy atom. The SMILES string of the molecule is C/C(=N\Cc1ccc2c(c1)CCC1=C(C=CCC1)OC2=O)N(C)C. The third-order valence-electron chi connectivity index (χ3n) is 4.66. The third kappa shape index (κ3) is 3.58. The zero-order chi connectivity index (χ0) is 17.1. The summed E-state index contributed by atoms with van der Waals surface area (Å²) in [4.78, 5) is 19.0. The highest BCUT2D eigenvalue weighted by molar-refractivity contribution is 5.92. The fourth-order valence-corrected chi connectivity index (χ4v) is 2.98. The summed E-state index contributed by atoms with van der Waals surface area (Å²) < 4.78 is 5.61. The first-order chi connectivity index (χ1) is 11.5. The van der Waals surface area contributed by atoms with Crippen molar-refractivity contribution < 1.29 is 9.53 Å². The summed E-state index contributed by atoms with van der Waals surface area (Å²) >= 11 is 0. The van der Waals surface area contributed by atoms with E-state index >= 15 is 0 Å². The van der Waals surface area contributed by atoms with Gasteiger partial charge in [0.1, 0.15) is 5.76 Å². The van der Waals surface area contributed by atoms with Gasteiger partial charge >= 0.3 is 5.97 Å². The van der Waals surface area contributed by atoms with Gasteiger partial charge in [0.25, 0.3) is 0 Å². The molecule has 0 saturated carbocycles. The molecule has 0 amide bonds. The number of allylic oxidation sites excluding steroid dienone is 3. The predicted octanol–water partition coefficient (Wildman–Crippen LogP) is 3.87. The lowest BCUT2D eigenvalue weighted by Crippen LogP contribution is -2.18. The van der Waals surface area contributed by atoms with Gasteiger partial charge in [0.15, 0.2) is 0 Å². The molecule has 4 heteroatoms. The maximum Gasteiger partial charge on any atom is 0.343 e. The van der Waals surface area contributed by atoms with Crippen LogP contribution in [0.3, 0.4) is 0 Å². The van der Waals surface area contributed by atoms with E-state index in [0.717, 1.165) is 48.4 Å². The van der Waals surface area contributed by atoms with Gasteiger partial charge in [-0.1, -0.05) is 18.2 Å². The first-order valence-electron chi connectivity index (χ1n) is 8.45. The molecule has 0 radical (unpaired) electrons. The summed E-state index contributed by atoms with van der Waals surface area (Å²) in [6.45, 7) is 2.62. The van der Waals surface area contributed by atoms with Crippen molar-refractivity contribution in [2.45, 2.75) is 39.2 Å². The maximum absolute atomic E-state index is 12.5. The topological polar surface area (TPSA) is 41.9 Å². The van der Waals surface area contributed by atoms with Gasteiger partial charge in [-0.15, -0.1) is 0 Å². The highest BCUT2D eigenvalue weighted by Crippen LogP contribution is 2.29. The fraction of sp³-hybridized carbons (Fsp3) is 0.400. The van der Waals surface area contributed by atoms with Crippen molar-refractivity contribution in [3.63, 3.8) is 0 Å². The standard InChI is InChI=1S/C20H24N2O2/c1-14(22(2)3)21-13-15-8-11-18-17(12-15)10-9-16-6-4-5-7-19(16)24-20(18)23/h5,7-8,11-12H,4,6,9-10,13H2,1-3H3/b21-14+. The van der Waals surface area contributed by atoms with Crippen LogP contribution in [0, 0.1) is 0 Å². The van der Waals surface area contributed by atoms with Gasteiger partial charge in [-0.2, -0.15) is 0 Å². The van der Waals surface area contributed by atoms with Crippen LogP contribution in [0.2, 0.25) is 0 Å². The minimum atomic E-state index is -0.247. The van der Waals surface area contributed by atoms with Crippen LogP contribution in [-0.4, -0.2) is 30.8 Å². The molecular weight excluding hydrogens is 300 g/mol. The molecule has 1 aromatic rings. The molecule has 126 valence electrons. The lowest BCUT2D eigenvalue weighted by atomic mass is 9.92. The van der Waals surface area contributed by atoms with Gasteiger partial charge in [-0.05, 0) is 61.4 Å². The lowest BCUT2D eigenvalue weighted by molar-refractivity contribution is 0.0627. The molecule has 24 heavy (non-hydrogen) atoms. The molecule has 0 bridgehead atoms. The Morgan fingerprint density at radius 2 is 2.08 bits per heavy atom. The van der Waals surface area contributed by atoms with Crippen molar-refractivity contribution in [2.24, 2.45) is 4.99 Å². The molecule has 1 aromatic carbocycles. The minimum absolute atomic E-state index is 0.247. The summed E-state index contributed by atoms with van der Waals surface area (Å²) in [5.41, 5.74) is 4.12. The van der Waals surface area contributed by atoms with Gasteiger partial charge in [-0.3, -0.25) is 4.99 Å². The van der Waals surface area contributed by atoms with E-state index in [1.165, 1.54) is 5.57 Å². The highest BCUT2D eigenvalue weighted by Gasteiger charge is 2.21. The summed E-state index contributed by atoms with van der Waals surface area (Å²) in [5.74, 6) is 1.50. The number of rotatable bonds is 2. The smallest absolute Gasteiger partial charge is 0.343 e. The molecule has 1 aliphatic carbocycles. The number of esters is 1. The molecule has 0 N–H and O–H groups in total. The van der Waals surface area contributed by atoms with Gasteiger partial charge in [0.2, 0.25) is 0 Å². The Hall–Kier alpha value is -2.36. The van der Waals surface area contributed by atoms with Crippen LogP contribution < -0.4 is 0 Å². The number of carbonyl (C=O) groups is 1. The summed E-state index contributed by atoms with van der Waals surface area (Å²) in [6.07, 6.45) is 7.85. The molecule has 0 aromatic heterocycles. The number of aliphatic imine (C=N–C) groups is 1. The Morgan fingerprint density at radius 3 is 2.88 bits per heavy atom. The second kappa shape index (κ2) is 7.04. The van der Waals surface area contributed by atoms with E-state index < -0.39 is 0 Å². The Bertz CT molecular complexity index is 742. The maximum atomic E-state index is 12.5. The molecule has 0 saturated heterocycles. The van der Waals surface area contributed by atoms with Gasteiger partial charge in [0.05, 0.1) is 17.9 Å². The lowest BCUT2D eigenvalue weighted by Gasteiger charge is -2.20. The van der Waals surface area contributed by atoms with Crippen LogP contribution in [-0.2, 0) is 17.7 Å². The Kier molecular flexibility index (Phi) is 4.84. The van der Waals surface area contributed by atoms with Crippen molar-refractivity contribution >= 4 is 11.8 Å². The molecular formula is C20H24N2O2. The largest absolute Gasteiger partial charge is 0.423 e. The van der Waals surface area contributed by atoms with Crippen molar-refractivity contribution in [2.75, 3.05) is 14.1 Å². The van der Waals surface area contributed by atoms with E-state index in [4.69, 9.17) is 4.74 Å². The molecule has 0 unspecified atom stereocenters. The fourth-order valence-electron chi connectivity index (χ4n) is 2.98. The average Bonchev–Trinajstić information content (AvgIpc) is 2.57. The zero-order valence-corrected chi connectivity index (χ0v) is 14.6. The van der Waals surface area contributed by atoms with Crippen LogP contribution in [0.1, 0.15) is 47.7 Å². The molecule has 0 atom stereocenters. The molecule has 4 nitrogen and oxygen atoms in total. The summed E-state index contributed by atoms with van der Waals surface area (Å²) in [7, 11) is 3.97. The number of benzene rings is 1. The number of hydrogen-bond donors (Lipinski definition) is 0. The van der Waals surface area contributed by atoms with E-state index in [-0.39, 0.29) is 5.97 Å². The van der Waals surface area contributed by atoms with Gasteiger partial charge in [0, 0.05) is 14.1 Å². The molecule has 0 spiro atoms. The van der Waals surface area contributed by atoms with Crippen LogP contribution in [0.5, 0.6) is 0 Å². The van der Waals surface area contributed by atoms with Crippen LogP contribution in [0.4, 0.5) is 0 Å². The summed E-state index contributed by atoms with van der Waals surface area (Å²) in [5, 5.41) is 0. The van der Waals surface area contributed by atoms with E-state index in [9.17, 15) is 4.79 Å². The minimum Gasteiger partial charge on any atom is -0.423 e. The monoisotopic (exact) mass is 324 g/mol. The van der Waals surface area contributed by atoms with Crippen LogP contribution in [0.25, 0.3) is 0 Å². The number of ether oxygens (including phenoxy) is 1. The van der Waals surface area contributed by atoms with Crippen molar-refractivity contribution in [1.82, 2.24) is 4.90 Å². The second-order valence-corrected chi connectivity index (χ2v) is 6.55. The number of fused-ring (bicyclic) bond motifs is 1. The number of hydrogen-bond acceptors (Lipinski definition) is 3. The van der Waals surface area contributed by atoms with E-state index in [1.807, 2.05) is 44.1 Å². The van der Waals surface area contributed by atoms with E-state index in [0.29, 0.717) is 12.1 Å². The number of carbonyl (C=O) groups excluding carboxylic acids is 1. The molecule has 1 aliphatic heterocycles. The van der Waals surface area contributed by atoms with Crippen LogP contribution >= 0.6 is 0 Å². The average molecular weight is 324 g/mol. The Balaban J connectivity index is 1.84. The number of aryl methyl sites for hydroxylation is 1. The normalized spacial score (nSPS) is 17.6.